The molecule has 0 spiro atoms. The zero-order chi connectivity index (χ0) is 15.5. The average Bonchev–Trinajstić information content (AvgIpc) is 2.94. The van der Waals surface area contributed by atoms with Gasteiger partial charge in [0.1, 0.15) is 0 Å². The minimum atomic E-state index is -3.65. The molecule has 0 saturated carbocycles. The van der Waals surface area contributed by atoms with Gasteiger partial charge in [-0.05, 0) is 25.6 Å². The van der Waals surface area contributed by atoms with Crippen LogP contribution in [0.4, 0.5) is 5.69 Å². The van der Waals surface area contributed by atoms with Gasteiger partial charge in [0.25, 0.3) is 10.0 Å². The highest BCUT2D eigenvalue weighted by molar-refractivity contribution is 7.92. The Morgan fingerprint density at radius 2 is 1.95 bits per heavy atom. The number of rotatable bonds is 6. The molecule has 0 amide bonds. The number of benzene rings is 1. The number of hydrogen-bond donors (Lipinski definition) is 2. The van der Waals surface area contributed by atoms with Gasteiger partial charge in [-0.1, -0.05) is 24.6 Å². The van der Waals surface area contributed by atoms with E-state index in [9.17, 15) is 8.42 Å². The Kier molecular flexibility index (Phi) is 4.64. The van der Waals surface area contributed by atoms with Crippen LogP contribution in [0.1, 0.15) is 18.1 Å². The van der Waals surface area contributed by atoms with Crippen molar-refractivity contribution in [3.05, 3.63) is 41.6 Å². The summed E-state index contributed by atoms with van der Waals surface area (Å²) in [6.45, 7) is 5.15. The van der Waals surface area contributed by atoms with E-state index in [1.165, 1.54) is 11.4 Å². The van der Waals surface area contributed by atoms with E-state index in [4.69, 9.17) is 0 Å². The summed E-state index contributed by atoms with van der Waals surface area (Å²) < 4.78 is 26.6. The summed E-state index contributed by atoms with van der Waals surface area (Å²) in [5.74, 6) is 0. The molecule has 1 aromatic heterocycles. The predicted octanol–water partition coefficient (Wildman–Crippen LogP) is 1.65. The first-order valence-electron chi connectivity index (χ1n) is 6.75. The number of aryl methyl sites for hydroxylation is 1. The van der Waals surface area contributed by atoms with Gasteiger partial charge >= 0.3 is 0 Å². The highest BCUT2D eigenvalue weighted by Gasteiger charge is 2.26. The van der Waals surface area contributed by atoms with Crippen molar-refractivity contribution in [3.8, 4) is 0 Å². The van der Waals surface area contributed by atoms with Crippen LogP contribution in [0, 0.1) is 6.92 Å². The third-order valence-corrected chi connectivity index (χ3v) is 5.06. The Bertz CT molecular complexity index is 692. The largest absolute Gasteiger partial charge is 0.313 e. The van der Waals surface area contributed by atoms with Crippen molar-refractivity contribution < 1.29 is 8.42 Å². The van der Waals surface area contributed by atoms with Crippen molar-refractivity contribution in [1.82, 2.24) is 15.5 Å². The molecule has 0 unspecified atom stereocenters. The van der Waals surface area contributed by atoms with Crippen LogP contribution in [0.3, 0.4) is 0 Å². The van der Waals surface area contributed by atoms with E-state index < -0.39 is 10.0 Å². The molecule has 0 atom stereocenters. The summed E-state index contributed by atoms with van der Waals surface area (Å²) in [5, 5.41) is 9.70. The molecule has 2 rings (SSSR count). The van der Waals surface area contributed by atoms with Crippen LogP contribution in [0.15, 0.2) is 35.5 Å². The molecule has 0 aliphatic rings. The van der Waals surface area contributed by atoms with Crippen molar-refractivity contribution in [2.45, 2.75) is 25.4 Å². The number of anilines is 1. The molecule has 0 aliphatic heterocycles. The SMILES string of the molecule is CCNCc1cn[nH]c1S(=O)(=O)N(C)c1ccc(C)cc1. The molecule has 0 saturated heterocycles. The van der Waals surface area contributed by atoms with Crippen molar-refractivity contribution >= 4 is 15.7 Å². The van der Waals surface area contributed by atoms with Gasteiger partial charge in [-0.3, -0.25) is 9.40 Å². The van der Waals surface area contributed by atoms with Crippen molar-refractivity contribution in [3.63, 3.8) is 0 Å². The molecule has 0 aliphatic carbocycles. The Labute approximate surface area is 125 Å². The van der Waals surface area contributed by atoms with Gasteiger partial charge in [-0.25, -0.2) is 0 Å². The summed E-state index contributed by atoms with van der Waals surface area (Å²) in [6.07, 6.45) is 1.54. The molecule has 2 aromatic rings. The number of nitrogens with one attached hydrogen (secondary N) is 2. The van der Waals surface area contributed by atoms with E-state index >= 15 is 0 Å². The van der Waals surface area contributed by atoms with Crippen LogP contribution in [-0.4, -0.2) is 32.2 Å². The molecule has 21 heavy (non-hydrogen) atoms. The van der Waals surface area contributed by atoms with Crippen LogP contribution in [-0.2, 0) is 16.6 Å². The lowest BCUT2D eigenvalue weighted by Crippen LogP contribution is -2.28. The summed E-state index contributed by atoms with van der Waals surface area (Å²) >= 11 is 0. The molecular weight excluding hydrogens is 288 g/mol. The van der Waals surface area contributed by atoms with Crippen LogP contribution >= 0.6 is 0 Å². The topological polar surface area (TPSA) is 78.1 Å². The lowest BCUT2D eigenvalue weighted by atomic mass is 10.2. The predicted molar refractivity (Wildman–Crippen MR) is 82.7 cm³/mol. The molecule has 0 radical (unpaired) electrons. The molecule has 2 N–H and O–H groups in total. The summed E-state index contributed by atoms with van der Waals surface area (Å²) in [5.41, 5.74) is 2.33. The second-order valence-electron chi connectivity index (χ2n) is 4.81. The summed E-state index contributed by atoms with van der Waals surface area (Å²) in [4.78, 5) is 0. The smallest absolute Gasteiger partial charge is 0.281 e. The van der Waals surface area contributed by atoms with Gasteiger partial charge in [0.2, 0.25) is 0 Å². The highest BCUT2D eigenvalue weighted by atomic mass is 32.2. The van der Waals surface area contributed by atoms with E-state index in [0.29, 0.717) is 17.8 Å². The van der Waals surface area contributed by atoms with Crippen LogP contribution in [0.5, 0.6) is 0 Å². The number of nitrogens with zero attached hydrogens (tertiary/aromatic N) is 2. The Morgan fingerprint density at radius 1 is 1.29 bits per heavy atom. The standard InChI is InChI=1S/C14H20N4O2S/c1-4-15-9-12-10-16-17-14(12)21(19,20)18(3)13-7-5-11(2)6-8-13/h5-8,10,15H,4,9H2,1-3H3,(H,16,17). The zero-order valence-corrected chi connectivity index (χ0v) is 13.2. The van der Waals surface area contributed by atoms with Crippen molar-refractivity contribution in [2.75, 3.05) is 17.9 Å². The fourth-order valence-corrected chi connectivity index (χ4v) is 3.24. The van der Waals surface area contributed by atoms with Gasteiger partial charge in [0.15, 0.2) is 5.03 Å². The maximum Gasteiger partial charge on any atom is 0.281 e. The highest BCUT2D eigenvalue weighted by Crippen LogP contribution is 2.23. The minimum Gasteiger partial charge on any atom is -0.313 e. The third-order valence-electron chi connectivity index (χ3n) is 3.26. The number of hydrogen-bond acceptors (Lipinski definition) is 4. The molecule has 1 heterocycles. The first-order chi connectivity index (χ1) is 9.96. The van der Waals surface area contributed by atoms with E-state index in [2.05, 4.69) is 15.5 Å². The third kappa shape index (κ3) is 3.25. The fraction of sp³-hybridized carbons (Fsp3) is 0.357. The lowest BCUT2D eigenvalue weighted by molar-refractivity contribution is 0.587. The molecule has 0 fully saturated rings. The second-order valence-corrected chi connectivity index (χ2v) is 6.72. The number of aromatic amines is 1. The Morgan fingerprint density at radius 3 is 2.57 bits per heavy atom. The Hall–Kier alpha value is -1.86. The molecular formula is C14H20N4O2S. The summed E-state index contributed by atoms with van der Waals surface area (Å²) in [7, 11) is -2.11. The van der Waals surface area contributed by atoms with E-state index in [1.807, 2.05) is 26.0 Å². The van der Waals surface area contributed by atoms with E-state index in [-0.39, 0.29) is 5.03 Å². The van der Waals surface area contributed by atoms with Crippen LogP contribution in [0.25, 0.3) is 0 Å². The van der Waals surface area contributed by atoms with Crippen molar-refractivity contribution in [1.29, 1.82) is 0 Å². The van der Waals surface area contributed by atoms with Gasteiger partial charge in [0.05, 0.1) is 11.9 Å². The maximum atomic E-state index is 12.7. The molecule has 0 bridgehead atoms. The monoisotopic (exact) mass is 308 g/mol. The number of sulfonamides is 1. The van der Waals surface area contributed by atoms with Gasteiger partial charge in [-0.15, -0.1) is 0 Å². The summed E-state index contributed by atoms with van der Waals surface area (Å²) in [6, 6.07) is 7.34. The average molecular weight is 308 g/mol. The van der Waals surface area contributed by atoms with Gasteiger partial charge in [0, 0.05) is 19.2 Å². The minimum absolute atomic E-state index is 0.131. The van der Waals surface area contributed by atoms with Gasteiger partial charge in [-0.2, -0.15) is 13.5 Å². The van der Waals surface area contributed by atoms with E-state index in [1.54, 1.807) is 18.3 Å². The normalized spacial score (nSPS) is 11.6. The van der Waals surface area contributed by atoms with Gasteiger partial charge < -0.3 is 5.32 Å². The zero-order valence-electron chi connectivity index (χ0n) is 12.4. The maximum absolute atomic E-state index is 12.7. The number of aromatic nitrogens is 2. The number of H-pyrrole nitrogens is 1. The van der Waals surface area contributed by atoms with Crippen LogP contribution in [0.2, 0.25) is 0 Å². The molecule has 114 valence electrons. The molecule has 7 heteroatoms. The quantitative estimate of drug-likeness (QED) is 0.850. The molecule has 1 aromatic carbocycles. The fourth-order valence-electron chi connectivity index (χ4n) is 1.94. The lowest BCUT2D eigenvalue weighted by Gasteiger charge is -2.19. The van der Waals surface area contributed by atoms with Crippen LogP contribution < -0.4 is 9.62 Å². The van der Waals surface area contributed by atoms with Crippen molar-refractivity contribution in [2.24, 2.45) is 0 Å². The molecule has 6 nitrogen and oxygen atoms in total. The second kappa shape index (κ2) is 6.28. The van der Waals surface area contributed by atoms with E-state index in [0.717, 1.165) is 12.1 Å². The Balaban J connectivity index is 2.33. The first kappa shape index (κ1) is 15.5. The first-order valence-corrected chi connectivity index (χ1v) is 8.19.